The Balaban J connectivity index is 4.64. The Labute approximate surface area is 414 Å². The molecule has 0 aromatic carbocycles. The van der Waals surface area contributed by atoms with Gasteiger partial charge in [0.2, 0.25) is 0 Å². The van der Waals surface area contributed by atoms with Crippen molar-refractivity contribution < 1.29 is 57.5 Å². The van der Waals surface area contributed by atoms with E-state index in [1.807, 2.05) is 11.8 Å². The van der Waals surface area contributed by atoms with Crippen LogP contribution in [-0.4, -0.2) is 106 Å². The molecule has 0 aromatic rings. The van der Waals surface area contributed by atoms with Crippen LogP contribution in [0.1, 0.15) is 246 Å². The molecule has 0 rings (SSSR count). The number of aliphatic hydroxyl groups is 1. The van der Waals surface area contributed by atoms with Gasteiger partial charge in [0.1, 0.15) is 19.8 Å². The van der Waals surface area contributed by atoms with Gasteiger partial charge in [0.15, 0.2) is 0 Å². The van der Waals surface area contributed by atoms with Crippen molar-refractivity contribution in [3.05, 3.63) is 0 Å². The lowest BCUT2D eigenvalue weighted by Gasteiger charge is -2.19. The molecular formula is C55H103NO12. The Morgan fingerprint density at radius 3 is 1.25 bits per heavy atom. The maximum atomic E-state index is 13.0. The zero-order chi connectivity index (χ0) is 50.0. The normalized spacial score (nSPS) is 11.8. The van der Waals surface area contributed by atoms with Crippen LogP contribution in [-0.2, 0) is 47.6 Å². The van der Waals surface area contributed by atoms with Crippen molar-refractivity contribution in [2.45, 2.75) is 246 Å². The predicted molar refractivity (Wildman–Crippen MR) is 271 cm³/mol. The number of esters is 4. The summed E-state index contributed by atoms with van der Waals surface area (Å²) < 4.78 is 32.7. The van der Waals surface area contributed by atoms with Gasteiger partial charge in [-0.3, -0.25) is 19.2 Å². The fourth-order valence-corrected chi connectivity index (χ4v) is 8.08. The van der Waals surface area contributed by atoms with E-state index in [9.17, 15) is 29.1 Å². The van der Waals surface area contributed by atoms with E-state index in [-0.39, 0.29) is 69.7 Å². The molecule has 1 atom stereocenters. The van der Waals surface area contributed by atoms with Crippen LogP contribution < -0.4 is 0 Å². The molecular weight excluding hydrogens is 867 g/mol. The lowest BCUT2D eigenvalue weighted by atomic mass is 9.94. The molecule has 0 bridgehead atoms. The molecule has 68 heavy (non-hydrogen) atoms. The first-order valence-corrected chi connectivity index (χ1v) is 28.0. The minimum absolute atomic E-state index is 0.00447. The maximum Gasteiger partial charge on any atom is 0.508 e. The van der Waals surface area contributed by atoms with Crippen molar-refractivity contribution in [3.63, 3.8) is 0 Å². The highest BCUT2D eigenvalue weighted by atomic mass is 16.7. The van der Waals surface area contributed by atoms with Gasteiger partial charge in [-0.15, -0.1) is 0 Å². The lowest BCUT2D eigenvalue weighted by Crippen LogP contribution is -2.29. The van der Waals surface area contributed by atoms with Gasteiger partial charge in [0, 0.05) is 32.4 Å². The summed E-state index contributed by atoms with van der Waals surface area (Å²) in [5.74, 6) is -1.60. The Morgan fingerprint density at radius 1 is 0.397 bits per heavy atom. The summed E-state index contributed by atoms with van der Waals surface area (Å²) in [5.41, 5.74) is 0. The van der Waals surface area contributed by atoms with Crippen LogP contribution in [0.15, 0.2) is 0 Å². The summed E-state index contributed by atoms with van der Waals surface area (Å²) in [7, 11) is 0. The molecule has 1 N–H and O–H groups in total. The number of rotatable bonds is 51. The molecule has 0 saturated heterocycles. The van der Waals surface area contributed by atoms with Gasteiger partial charge in [-0.05, 0) is 57.9 Å². The van der Waals surface area contributed by atoms with Gasteiger partial charge in [-0.2, -0.15) is 0 Å². The number of likely N-dealkylation sites (N-methyl/N-ethyl adjacent to an activating group) is 1. The number of hydrogen-bond donors (Lipinski definition) is 1. The third kappa shape index (κ3) is 44.3. The summed E-state index contributed by atoms with van der Waals surface area (Å²) in [4.78, 5) is 64.9. The van der Waals surface area contributed by atoms with Crippen molar-refractivity contribution in [3.8, 4) is 0 Å². The van der Waals surface area contributed by atoms with Crippen LogP contribution in [0.2, 0.25) is 0 Å². The number of carbonyl (C=O) groups is 5. The van der Waals surface area contributed by atoms with Gasteiger partial charge >= 0.3 is 30.0 Å². The summed E-state index contributed by atoms with van der Waals surface area (Å²) >= 11 is 0. The molecule has 0 saturated carbocycles. The Kier molecular flexibility index (Phi) is 48.3. The Bertz CT molecular complexity index is 1170. The number of aliphatic hydroxyl groups excluding tert-OH is 1. The minimum Gasteiger partial charge on any atom is -0.466 e. The molecule has 0 aromatic heterocycles. The van der Waals surface area contributed by atoms with E-state index in [0.717, 1.165) is 70.8 Å². The van der Waals surface area contributed by atoms with Crippen molar-refractivity contribution in [1.82, 2.24) is 4.90 Å². The third-order valence-electron chi connectivity index (χ3n) is 12.5. The fourth-order valence-electron chi connectivity index (χ4n) is 8.08. The molecule has 0 aliphatic carbocycles. The van der Waals surface area contributed by atoms with E-state index in [0.29, 0.717) is 64.8 Å². The van der Waals surface area contributed by atoms with Crippen LogP contribution in [0.4, 0.5) is 4.79 Å². The monoisotopic (exact) mass is 970 g/mol. The van der Waals surface area contributed by atoms with E-state index in [1.54, 1.807) is 0 Å². The fraction of sp³-hybridized carbons (Fsp3) is 0.909. The van der Waals surface area contributed by atoms with Crippen molar-refractivity contribution >= 4 is 30.0 Å². The molecule has 0 heterocycles. The summed E-state index contributed by atoms with van der Waals surface area (Å²) in [6, 6.07) is 0. The molecule has 0 fully saturated rings. The molecule has 400 valence electrons. The molecule has 0 aliphatic rings. The van der Waals surface area contributed by atoms with Crippen molar-refractivity contribution in [1.29, 1.82) is 0 Å². The first kappa shape index (κ1) is 65.1. The second kappa shape index (κ2) is 50.5. The molecule has 0 aliphatic heterocycles. The topological polar surface area (TPSA) is 164 Å². The minimum atomic E-state index is -0.856. The molecule has 13 heteroatoms. The smallest absolute Gasteiger partial charge is 0.466 e. The van der Waals surface area contributed by atoms with E-state index >= 15 is 0 Å². The predicted octanol–water partition coefficient (Wildman–Crippen LogP) is 13.2. The van der Waals surface area contributed by atoms with Crippen LogP contribution >= 0.6 is 0 Å². The van der Waals surface area contributed by atoms with Gasteiger partial charge in [-0.1, -0.05) is 175 Å². The highest BCUT2D eigenvalue weighted by Crippen LogP contribution is 2.21. The first-order valence-electron chi connectivity index (χ1n) is 28.0. The SMILES string of the molecule is CCCCCCCCCCOC(=O)CCCCCC(=O)OCC(COC(=O)CCCCCCCOC(=O)C(CCCCCCCC)CCCCCCCC)COC(=O)OCCCN(CC)CCO. The van der Waals surface area contributed by atoms with Gasteiger partial charge in [0.25, 0.3) is 0 Å². The number of unbranched alkanes of at least 4 members (excludes halogenated alkanes) is 23. The number of hydrogen-bond acceptors (Lipinski definition) is 13. The number of carbonyl (C=O) groups excluding carboxylic acids is 5. The average Bonchev–Trinajstić information content (AvgIpc) is 3.33. The van der Waals surface area contributed by atoms with Crippen LogP contribution in [0.5, 0.6) is 0 Å². The zero-order valence-electron chi connectivity index (χ0n) is 44.2. The summed E-state index contributed by atoms with van der Waals surface area (Å²) in [6.07, 6.45) is 32.4. The van der Waals surface area contributed by atoms with Crippen molar-refractivity contribution in [2.24, 2.45) is 11.8 Å². The van der Waals surface area contributed by atoms with Crippen molar-refractivity contribution in [2.75, 3.05) is 65.9 Å². The van der Waals surface area contributed by atoms with Crippen LogP contribution in [0, 0.1) is 11.8 Å². The molecule has 0 spiro atoms. The highest BCUT2D eigenvalue weighted by molar-refractivity contribution is 5.72. The van der Waals surface area contributed by atoms with Gasteiger partial charge < -0.3 is 38.4 Å². The molecule has 13 nitrogen and oxygen atoms in total. The zero-order valence-corrected chi connectivity index (χ0v) is 44.2. The second-order valence-electron chi connectivity index (χ2n) is 18.9. The summed E-state index contributed by atoms with van der Waals surface area (Å²) in [5, 5.41) is 9.19. The quantitative estimate of drug-likeness (QED) is 0.0348. The molecule has 1 unspecified atom stereocenters. The summed E-state index contributed by atoms with van der Waals surface area (Å²) in [6.45, 7) is 11.4. The van der Waals surface area contributed by atoms with E-state index < -0.39 is 18.0 Å². The average molecular weight is 970 g/mol. The Morgan fingerprint density at radius 2 is 0.779 bits per heavy atom. The first-order chi connectivity index (χ1) is 33.2. The van der Waals surface area contributed by atoms with Gasteiger partial charge in [-0.25, -0.2) is 4.79 Å². The van der Waals surface area contributed by atoms with E-state index in [4.69, 9.17) is 28.4 Å². The Hall–Kier alpha value is -2.93. The largest absolute Gasteiger partial charge is 0.508 e. The van der Waals surface area contributed by atoms with E-state index in [2.05, 4.69) is 20.8 Å². The third-order valence-corrected chi connectivity index (χ3v) is 12.5. The second-order valence-corrected chi connectivity index (χ2v) is 18.9. The highest BCUT2D eigenvalue weighted by Gasteiger charge is 2.20. The maximum absolute atomic E-state index is 13.0. The standard InChI is InChI=1S/C55H103NO12/c1-5-9-12-15-18-19-24-32-43-63-51(58)37-30-26-31-39-53(60)67-47-49(48-68-55(62)65-45-34-40-56(8-4)41-42-57)46-66-52(59)38-29-23-20-25-33-44-64-54(61)50(35-27-21-16-13-10-6-2)36-28-22-17-14-11-7-3/h49-50,57H,5-48H2,1-4H3. The lowest BCUT2D eigenvalue weighted by molar-refractivity contribution is -0.151. The molecule has 0 amide bonds. The number of nitrogens with zero attached hydrogens (tertiary/aromatic N) is 1. The molecule has 0 radical (unpaired) electrons. The van der Waals surface area contributed by atoms with Gasteiger partial charge in [0.05, 0.1) is 38.3 Å². The van der Waals surface area contributed by atoms with E-state index in [1.165, 1.54) is 103 Å². The number of ether oxygens (including phenoxy) is 6. The van der Waals surface area contributed by atoms with Crippen LogP contribution in [0.3, 0.4) is 0 Å². The van der Waals surface area contributed by atoms with Crippen LogP contribution in [0.25, 0.3) is 0 Å².